The van der Waals surface area contributed by atoms with E-state index < -0.39 is 5.82 Å². The van der Waals surface area contributed by atoms with E-state index in [1.807, 2.05) is 0 Å². The number of carbonyl (C=O) groups is 1. The molecule has 2 aromatic carbocycles. The zero-order valence-corrected chi connectivity index (χ0v) is 11.4. The zero-order chi connectivity index (χ0) is 14.0. The highest BCUT2D eigenvalue weighted by atomic mass is 35.5. The molecule has 0 fully saturated rings. The van der Waals surface area contributed by atoms with Gasteiger partial charge in [-0.3, -0.25) is 4.79 Å². The lowest BCUT2D eigenvalue weighted by Gasteiger charge is -2.11. The molecule has 0 aliphatic carbocycles. The van der Waals surface area contributed by atoms with E-state index in [9.17, 15) is 9.18 Å². The number of hydrogen-bond donors (Lipinski definition) is 0. The van der Waals surface area contributed by atoms with Crippen LogP contribution in [-0.4, -0.2) is 13.4 Å². The summed E-state index contributed by atoms with van der Waals surface area (Å²) in [6.45, 7) is 0. The van der Waals surface area contributed by atoms with E-state index in [2.05, 4.69) is 0 Å². The highest BCUT2D eigenvalue weighted by molar-refractivity contribution is 6.36. The molecule has 2 aromatic rings. The van der Waals surface area contributed by atoms with Crippen molar-refractivity contribution in [3.8, 4) is 16.9 Å². The minimum atomic E-state index is -0.455. The summed E-state index contributed by atoms with van der Waals surface area (Å²) in [6, 6.07) is 6.93. The molecule has 0 heterocycles. The van der Waals surface area contributed by atoms with Crippen LogP contribution in [0.4, 0.5) is 4.39 Å². The van der Waals surface area contributed by atoms with Crippen LogP contribution in [0.2, 0.25) is 10.0 Å². The van der Waals surface area contributed by atoms with Gasteiger partial charge >= 0.3 is 0 Å². The average molecular weight is 299 g/mol. The van der Waals surface area contributed by atoms with Gasteiger partial charge in [-0.1, -0.05) is 23.2 Å². The Morgan fingerprint density at radius 3 is 2.47 bits per heavy atom. The van der Waals surface area contributed by atoms with Crippen molar-refractivity contribution >= 4 is 29.5 Å². The Labute approximate surface area is 119 Å². The lowest BCUT2D eigenvalue weighted by atomic mass is 10.00. The normalized spacial score (nSPS) is 10.3. The van der Waals surface area contributed by atoms with Crippen LogP contribution in [0.5, 0.6) is 5.75 Å². The fraction of sp³-hybridized carbons (Fsp3) is 0.0714. The molecule has 0 atom stereocenters. The maximum atomic E-state index is 13.3. The van der Waals surface area contributed by atoms with Crippen LogP contribution >= 0.6 is 23.2 Å². The maximum Gasteiger partial charge on any atom is 0.150 e. The van der Waals surface area contributed by atoms with Gasteiger partial charge in [0.05, 0.1) is 17.2 Å². The van der Waals surface area contributed by atoms with E-state index >= 15 is 0 Å². The summed E-state index contributed by atoms with van der Waals surface area (Å²) in [6.07, 6.45) is 0.642. The quantitative estimate of drug-likeness (QED) is 0.773. The molecule has 0 spiro atoms. The topological polar surface area (TPSA) is 26.3 Å². The molecule has 0 aliphatic rings. The Bertz CT molecular complexity index is 642. The number of ether oxygens (including phenoxy) is 1. The first-order chi connectivity index (χ1) is 9.06. The van der Waals surface area contributed by atoms with Crippen LogP contribution in [0.1, 0.15) is 10.4 Å². The molecule has 0 saturated carbocycles. The molecule has 98 valence electrons. The van der Waals surface area contributed by atoms with Crippen LogP contribution in [0.15, 0.2) is 30.3 Å². The van der Waals surface area contributed by atoms with Crippen LogP contribution in [-0.2, 0) is 0 Å². The van der Waals surface area contributed by atoms with E-state index in [-0.39, 0.29) is 0 Å². The predicted octanol–water partition coefficient (Wildman–Crippen LogP) is 4.62. The van der Waals surface area contributed by atoms with Crippen LogP contribution in [0, 0.1) is 5.82 Å². The molecule has 5 heteroatoms. The van der Waals surface area contributed by atoms with Crippen molar-refractivity contribution in [2.24, 2.45) is 0 Å². The number of carbonyl (C=O) groups excluding carboxylic acids is 1. The average Bonchev–Trinajstić information content (AvgIpc) is 2.40. The highest BCUT2D eigenvalue weighted by Gasteiger charge is 2.13. The Hall–Kier alpha value is -1.58. The molecule has 2 rings (SSSR count). The SMILES string of the molecule is COc1cc(Cl)c(-c2cc(F)ccc2C=O)cc1Cl. The maximum absolute atomic E-state index is 13.3. The van der Waals surface area contributed by atoms with Gasteiger partial charge in [0, 0.05) is 17.2 Å². The zero-order valence-electron chi connectivity index (χ0n) is 9.91. The summed E-state index contributed by atoms with van der Waals surface area (Å²) in [5, 5.41) is 0.665. The largest absolute Gasteiger partial charge is 0.495 e. The molecule has 0 amide bonds. The van der Waals surface area contributed by atoms with Crippen molar-refractivity contribution in [2.45, 2.75) is 0 Å². The van der Waals surface area contributed by atoms with Gasteiger partial charge < -0.3 is 4.74 Å². The lowest BCUT2D eigenvalue weighted by molar-refractivity contribution is 0.112. The van der Waals surface area contributed by atoms with E-state index in [4.69, 9.17) is 27.9 Å². The Morgan fingerprint density at radius 2 is 1.84 bits per heavy atom. The summed E-state index contributed by atoms with van der Waals surface area (Å²) in [4.78, 5) is 11.0. The van der Waals surface area contributed by atoms with E-state index in [1.165, 1.54) is 31.4 Å². The third-order valence-electron chi connectivity index (χ3n) is 2.67. The number of benzene rings is 2. The van der Waals surface area contributed by atoms with Crippen molar-refractivity contribution in [2.75, 3.05) is 7.11 Å². The minimum Gasteiger partial charge on any atom is -0.495 e. The first-order valence-corrected chi connectivity index (χ1v) is 6.10. The lowest BCUT2D eigenvalue weighted by Crippen LogP contribution is -1.92. The van der Waals surface area contributed by atoms with Crippen molar-refractivity contribution in [3.63, 3.8) is 0 Å². The number of methoxy groups -OCH3 is 1. The molecular weight excluding hydrogens is 290 g/mol. The van der Waals surface area contributed by atoms with Crippen LogP contribution in [0.3, 0.4) is 0 Å². The number of rotatable bonds is 3. The van der Waals surface area contributed by atoms with Gasteiger partial charge in [-0.2, -0.15) is 0 Å². The standard InChI is InChI=1S/C14H9Cl2FO2/c1-19-14-6-12(15)11(5-13(14)16)10-4-9(17)3-2-8(10)7-18/h2-7H,1H3. The van der Waals surface area contributed by atoms with Crippen LogP contribution in [0.25, 0.3) is 11.1 Å². The molecule has 0 radical (unpaired) electrons. The van der Waals surface area contributed by atoms with Crippen molar-refractivity contribution in [1.82, 2.24) is 0 Å². The third kappa shape index (κ3) is 2.72. The van der Waals surface area contributed by atoms with Crippen molar-refractivity contribution in [1.29, 1.82) is 0 Å². The van der Waals surface area contributed by atoms with Gasteiger partial charge in [-0.05, 0) is 29.8 Å². The second-order valence-corrected chi connectivity index (χ2v) is 4.63. The molecular formula is C14H9Cl2FO2. The number of halogens is 3. The van der Waals surface area contributed by atoms with Gasteiger partial charge in [0.15, 0.2) is 6.29 Å². The summed E-state index contributed by atoms with van der Waals surface area (Å²) in [7, 11) is 1.47. The molecule has 0 saturated heterocycles. The minimum absolute atomic E-state index is 0.329. The molecule has 0 aliphatic heterocycles. The van der Waals surface area contributed by atoms with Crippen molar-refractivity contribution in [3.05, 3.63) is 51.8 Å². The highest BCUT2D eigenvalue weighted by Crippen LogP contribution is 2.37. The number of hydrogen-bond acceptors (Lipinski definition) is 2. The van der Waals surface area contributed by atoms with Gasteiger partial charge in [0.1, 0.15) is 11.6 Å². The second kappa shape index (κ2) is 5.59. The molecule has 0 unspecified atom stereocenters. The summed E-state index contributed by atoms with van der Waals surface area (Å²) in [5.74, 6) is -0.0388. The molecule has 0 N–H and O–H groups in total. The van der Waals surface area contributed by atoms with E-state index in [1.54, 1.807) is 6.07 Å². The predicted molar refractivity (Wildman–Crippen MR) is 73.8 cm³/mol. The third-order valence-corrected chi connectivity index (χ3v) is 3.28. The van der Waals surface area contributed by atoms with Gasteiger partial charge in [-0.15, -0.1) is 0 Å². The fourth-order valence-electron chi connectivity index (χ4n) is 1.76. The Morgan fingerprint density at radius 1 is 1.11 bits per heavy atom. The number of aldehydes is 1. The first kappa shape index (κ1) is 13.8. The molecule has 2 nitrogen and oxygen atoms in total. The molecule has 0 aromatic heterocycles. The van der Waals surface area contributed by atoms with E-state index in [0.717, 1.165) is 0 Å². The Balaban J connectivity index is 2.68. The molecule has 19 heavy (non-hydrogen) atoms. The van der Waals surface area contributed by atoms with Crippen molar-refractivity contribution < 1.29 is 13.9 Å². The molecule has 0 bridgehead atoms. The summed E-state index contributed by atoms with van der Waals surface area (Å²) < 4.78 is 18.4. The summed E-state index contributed by atoms with van der Waals surface area (Å²) in [5.41, 5.74) is 1.21. The smallest absolute Gasteiger partial charge is 0.150 e. The van der Waals surface area contributed by atoms with E-state index in [0.29, 0.717) is 38.8 Å². The monoisotopic (exact) mass is 298 g/mol. The van der Waals surface area contributed by atoms with Crippen LogP contribution < -0.4 is 4.74 Å². The second-order valence-electron chi connectivity index (χ2n) is 3.82. The first-order valence-electron chi connectivity index (χ1n) is 5.35. The summed E-state index contributed by atoms with van der Waals surface area (Å²) >= 11 is 12.1. The van der Waals surface area contributed by atoms with Gasteiger partial charge in [0.2, 0.25) is 0 Å². The van der Waals surface area contributed by atoms with Gasteiger partial charge in [-0.25, -0.2) is 4.39 Å². The van der Waals surface area contributed by atoms with Gasteiger partial charge in [0.25, 0.3) is 0 Å². The fourth-order valence-corrected chi connectivity index (χ4v) is 2.25. The Kier molecular flexibility index (Phi) is 4.08.